The van der Waals surface area contributed by atoms with E-state index >= 15 is 0 Å². The molecule has 0 aliphatic carbocycles. The molecule has 0 bridgehead atoms. The molecule has 0 atom stereocenters. The summed E-state index contributed by atoms with van der Waals surface area (Å²) in [5.74, 6) is -0.681. The van der Waals surface area contributed by atoms with E-state index in [9.17, 15) is 9.18 Å². The number of halogens is 3. The van der Waals surface area contributed by atoms with Crippen molar-refractivity contribution in [1.82, 2.24) is 0 Å². The molecule has 0 unspecified atom stereocenters. The first-order valence-corrected chi connectivity index (χ1v) is 7.51. The molecule has 0 fully saturated rings. The van der Waals surface area contributed by atoms with Gasteiger partial charge in [0.1, 0.15) is 5.82 Å². The molecular formula is C15H12Br2FNO. The highest BCUT2D eigenvalue weighted by molar-refractivity contribution is 9.10. The van der Waals surface area contributed by atoms with Gasteiger partial charge in [-0.1, -0.05) is 12.1 Å². The van der Waals surface area contributed by atoms with Crippen LogP contribution >= 0.6 is 31.9 Å². The number of nitrogens with one attached hydrogen (secondary N) is 1. The molecule has 0 aromatic heterocycles. The van der Waals surface area contributed by atoms with Gasteiger partial charge in [-0.15, -0.1) is 0 Å². The fraction of sp³-hybridized carbons (Fsp3) is 0.133. The molecule has 20 heavy (non-hydrogen) atoms. The molecule has 2 nitrogen and oxygen atoms in total. The first kappa shape index (κ1) is 15.2. The van der Waals surface area contributed by atoms with Crippen LogP contribution in [0, 0.1) is 19.7 Å². The molecule has 0 aliphatic rings. The zero-order valence-corrected chi connectivity index (χ0v) is 14.1. The summed E-state index contributed by atoms with van der Waals surface area (Å²) in [6.07, 6.45) is 0. The van der Waals surface area contributed by atoms with Crippen molar-refractivity contribution in [1.29, 1.82) is 0 Å². The second-order valence-electron chi connectivity index (χ2n) is 4.47. The monoisotopic (exact) mass is 399 g/mol. The van der Waals surface area contributed by atoms with Gasteiger partial charge < -0.3 is 5.32 Å². The predicted molar refractivity (Wildman–Crippen MR) is 85.7 cm³/mol. The molecule has 1 amide bonds. The van der Waals surface area contributed by atoms with Crippen molar-refractivity contribution < 1.29 is 9.18 Å². The summed E-state index contributed by atoms with van der Waals surface area (Å²) in [6, 6.07) is 8.38. The molecule has 0 aliphatic heterocycles. The second kappa shape index (κ2) is 6.06. The molecule has 2 aromatic carbocycles. The van der Waals surface area contributed by atoms with E-state index < -0.39 is 5.82 Å². The van der Waals surface area contributed by atoms with Gasteiger partial charge in [0.05, 0.1) is 10.0 Å². The second-order valence-corrected chi connectivity index (χ2v) is 6.12. The average Bonchev–Trinajstić information content (AvgIpc) is 2.39. The number of hydrogen-bond acceptors (Lipinski definition) is 1. The molecule has 2 aromatic rings. The van der Waals surface area contributed by atoms with Crippen molar-refractivity contribution in [2.75, 3.05) is 5.32 Å². The third kappa shape index (κ3) is 3.10. The minimum Gasteiger partial charge on any atom is -0.322 e. The Labute approximate surface area is 133 Å². The van der Waals surface area contributed by atoms with E-state index in [-0.39, 0.29) is 5.91 Å². The van der Waals surface area contributed by atoms with Gasteiger partial charge in [0.2, 0.25) is 0 Å². The SMILES string of the molecule is Cc1cc(Br)c(F)cc1NC(=O)c1cccc(C)c1Br. The first-order chi connectivity index (χ1) is 9.40. The van der Waals surface area contributed by atoms with Crippen molar-refractivity contribution in [3.8, 4) is 0 Å². The smallest absolute Gasteiger partial charge is 0.256 e. The van der Waals surface area contributed by atoms with Crippen LogP contribution in [0.2, 0.25) is 0 Å². The summed E-state index contributed by atoms with van der Waals surface area (Å²) in [6.45, 7) is 3.72. The minimum absolute atomic E-state index is 0.273. The van der Waals surface area contributed by atoms with Crippen molar-refractivity contribution >= 4 is 43.5 Å². The molecule has 104 valence electrons. The van der Waals surface area contributed by atoms with E-state index in [2.05, 4.69) is 37.2 Å². The highest BCUT2D eigenvalue weighted by atomic mass is 79.9. The molecule has 0 saturated carbocycles. The average molecular weight is 401 g/mol. The molecule has 0 radical (unpaired) electrons. The number of anilines is 1. The highest BCUT2D eigenvalue weighted by Gasteiger charge is 2.13. The van der Waals surface area contributed by atoms with Gasteiger partial charge in [-0.25, -0.2) is 4.39 Å². The lowest BCUT2D eigenvalue weighted by Gasteiger charge is -2.11. The molecular weight excluding hydrogens is 389 g/mol. The maximum absolute atomic E-state index is 13.5. The number of amides is 1. The van der Waals surface area contributed by atoms with Crippen LogP contribution in [0.1, 0.15) is 21.5 Å². The number of benzene rings is 2. The van der Waals surface area contributed by atoms with Crippen LogP contribution < -0.4 is 5.32 Å². The van der Waals surface area contributed by atoms with E-state index in [1.54, 1.807) is 12.1 Å². The minimum atomic E-state index is -0.408. The Hall–Kier alpha value is -1.20. The van der Waals surface area contributed by atoms with Crippen LogP contribution in [-0.2, 0) is 0 Å². The van der Waals surface area contributed by atoms with Crippen molar-refractivity contribution in [2.24, 2.45) is 0 Å². The predicted octanol–water partition coefficient (Wildman–Crippen LogP) is 5.22. The van der Waals surface area contributed by atoms with Gasteiger partial charge in [-0.2, -0.15) is 0 Å². The van der Waals surface area contributed by atoms with E-state index in [0.29, 0.717) is 15.7 Å². The maximum atomic E-state index is 13.5. The molecule has 0 heterocycles. The lowest BCUT2D eigenvalue weighted by Crippen LogP contribution is -2.14. The standard InChI is InChI=1S/C15H12Br2FNO/c1-8-4-3-5-10(14(8)17)15(20)19-13-7-12(18)11(16)6-9(13)2/h3-7H,1-2H3,(H,19,20). The third-order valence-corrected chi connectivity index (χ3v) is 4.61. The third-order valence-electron chi connectivity index (χ3n) is 2.95. The topological polar surface area (TPSA) is 29.1 Å². The van der Waals surface area contributed by atoms with Gasteiger partial charge in [-0.3, -0.25) is 4.79 Å². The zero-order chi connectivity index (χ0) is 14.9. The Balaban J connectivity index is 2.33. The molecule has 1 N–H and O–H groups in total. The summed E-state index contributed by atoms with van der Waals surface area (Å²) in [4.78, 5) is 12.3. The molecule has 0 saturated heterocycles. The van der Waals surface area contributed by atoms with Gasteiger partial charge in [-0.05, 0) is 75.0 Å². The summed E-state index contributed by atoms with van der Waals surface area (Å²) in [5.41, 5.74) is 2.74. The summed E-state index contributed by atoms with van der Waals surface area (Å²) >= 11 is 6.51. The number of carbonyl (C=O) groups is 1. The van der Waals surface area contributed by atoms with Gasteiger partial charge in [0.15, 0.2) is 0 Å². The van der Waals surface area contributed by atoms with E-state index in [1.807, 2.05) is 26.0 Å². The largest absolute Gasteiger partial charge is 0.322 e. The Morgan fingerprint density at radius 1 is 1.15 bits per heavy atom. The summed E-state index contributed by atoms with van der Waals surface area (Å²) in [5, 5.41) is 2.73. The van der Waals surface area contributed by atoms with Gasteiger partial charge in [0, 0.05) is 10.2 Å². The Morgan fingerprint density at radius 2 is 1.85 bits per heavy atom. The lowest BCUT2D eigenvalue weighted by atomic mass is 10.1. The number of carbonyl (C=O) groups excluding carboxylic acids is 1. The Morgan fingerprint density at radius 3 is 2.55 bits per heavy atom. The molecule has 2 rings (SSSR count). The summed E-state index contributed by atoms with van der Waals surface area (Å²) < 4.78 is 14.7. The Bertz CT molecular complexity index is 686. The van der Waals surface area contributed by atoms with E-state index in [1.165, 1.54) is 6.07 Å². The number of hydrogen-bond donors (Lipinski definition) is 1. The summed E-state index contributed by atoms with van der Waals surface area (Å²) in [7, 11) is 0. The quantitative estimate of drug-likeness (QED) is 0.735. The van der Waals surface area contributed by atoms with Crippen molar-refractivity contribution in [2.45, 2.75) is 13.8 Å². The van der Waals surface area contributed by atoms with Crippen molar-refractivity contribution in [3.63, 3.8) is 0 Å². The van der Waals surface area contributed by atoms with Gasteiger partial charge >= 0.3 is 0 Å². The van der Waals surface area contributed by atoms with E-state index in [4.69, 9.17) is 0 Å². The number of rotatable bonds is 2. The van der Waals surface area contributed by atoms with Crippen LogP contribution in [0.4, 0.5) is 10.1 Å². The zero-order valence-electron chi connectivity index (χ0n) is 10.9. The van der Waals surface area contributed by atoms with Gasteiger partial charge in [0.25, 0.3) is 5.91 Å². The first-order valence-electron chi connectivity index (χ1n) is 5.92. The van der Waals surface area contributed by atoms with Crippen LogP contribution in [0.5, 0.6) is 0 Å². The van der Waals surface area contributed by atoms with E-state index in [0.717, 1.165) is 15.6 Å². The van der Waals surface area contributed by atoms with Crippen molar-refractivity contribution in [3.05, 3.63) is 61.8 Å². The van der Waals surface area contributed by atoms with Crippen LogP contribution in [0.3, 0.4) is 0 Å². The van der Waals surface area contributed by atoms with Crippen LogP contribution in [0.25, 0.3) is 0 Å². The Kier molecular flexibility index (Phi) is 4.60. The fourth-order valence-corrected chi connectivity index (χ4v) is 2.70. The lowest BCUT2D eigenvalue weighted by molar-refractivity contribution is 0.102. The highest BCUT2D eigenvalue weighted by Crippen LogP contribution is 2.26. The fourth-order valence-electron chi connectivity index (χ4n) is 1.79. The van der Waals surface area contributed by atoms with Crippen LogP contribution in [0.15, 0.2) is 39.3 Å². The molecule has 0 spiro atoms. The molecule has 5 heteroatoms. The maximum Gasteiger partial charge on any atom is 0.256 e. The van der Waals surface area contributed by atoms with Crippen LogP contribution in [-0.4, -0.2) is 5.91 Å². The normalized spacial score (nSPS) is 10.4. The number of aryl methyl sites for hydroxylation is 2.